The van der Waals surface area contributed by atoms with Crippen molar-refractivity contribution in [2.45, 2.75) is 25.0 Å². The highest BCUT2D eigenvalue weighted by atomic mass is 32.2. The van der Waals surface area contributed by atoms with Gasteiger partial charge < -0.3 is 6.15 Å². The molecule has 2 aromatic rings. The zero-order valence-corrected chi connectivity index (χ0v) is 13.5. The highest BCUT2D eigenvalue weighted by molar-refractivity contribution is 7.86. The fourth-order valence-electron chi connectivity index (χ4n) is 2.48. The van der Waals surface area contributed by atoms with Crippen LogP contribution in [0.25, 0.3) is 0 Å². The van der Waals surface area contributed by atoms with Gasteiger partial charge >= 0.3 is 0 Å². The standard InChI is InChI=1S/C17H20O3S.H3N/c1-14(21(18,19)20)17(12-15-8-4-2-5-9-15)13-16-10-6-3-7-11-16;/h2-11,14,17H,12-13H2,1H3,(H,18,19,20);1H3. The van der Waals surface area contributed by atoms with Gasteiger partial charge in [-0.25, -0.2) is 0 Å². The monoisotopic (exact) mass is 321 g/mol. The van der Waals surface area contributed by atoms with Crippen molar-refractivity contribution in [3.8, 4) is 0 Å². The van der Waals surface area contributed by atoms with Crippen molar-refractivity contribution in [1.82, 2.24) is 6.15 Å². The number of rotatable bonds is 6. The summed E-state index contributed by atoms with van der Waals surface area (Å²) in [5.74, 6) is -0.162. The Kier molecular flexibility index (Phi) is 6.74. The van der Waals surface area contributed by atoms with Gasteiger partial charge in [0.15, 0.2) is 0 Å². The van der Waals surface area contributed by atoms with Crippen LogP contribution in [0.1, 0.15) is 18.1 Å². The van der Waals surface area contributed by atoms with Gasteiger partial charge in [-0.05, 0) is 36.8 Å². The van der Waals surface area contributed by atoms with E-state index in [1.807, 2.05) is 60.7 Å². The van der Waals surface area contributed by atoms with Crippen LogP contribution in [0.2, 0.25) is 0 Å². The summed E-state index contributed by atoms with van der Waals surface area (Å²) in [5.41, 5.74) is 2.16. The second-order valence-corrected chi connectivity index (χ2v) is 7.13. The molecule has 0 bridgehead atoms. The molecule has 0 heterocycles. The average Bonchev–Trinajstić information content (AvgIpc) is 2.47. The molecule has 0 aliphatic heterocycles. The van der Waals surface area contributed by atoms with E-state index in [0.29, 0.717) is 12.8 Å². The number of benzene rings is 2. The summed E-state index contributed by atoms with van der Waals surface area (Å²) in [6.45, 7) is 1.58. The summed E-state index contributed by atoms with van der Waals surface area (Å²) in [7, 11) is -4.04. The Morgan fingerprint density at radius 2 is 1.23 bits per heavy atom. The highest BCUT2D eigenvalue weighted by Gasteiger charge is 2.28. The summed E-state index contributed by atoms with van der Waals surface area (Å²) >= 11 is 0. The minimum absolute atomic E-state index is 0. The summed E-state index contributed by atoms with van der Waals surface area (Å²) in [6.07, 6.45) is 1.24. The van der Waals surface area contributed by atoms with E-state index in [4.69, 9.17) is 0 Å². The molecule has 0 amide bonds. The Morgan fingerprint density at radius 1 is 0.864 bits per heavy atom. The van der Waals surface area contributed by atoms with Gasteiger partial charge in [0, 0.05) is 0 Å². The molecule has 1 unspecified atom stereocenters. The molecule has 0 saturated heterocycles. The molecule has 4 N–H and O–H groups in total. The quantitative estimate of drug-likeness (QED) is 0.796. The molecule has 0 spiro atoms. The van der Waals surface area contributed by atoms with Gasteiger partial charge in [-0.3, -0.25) is 4.55 Å². The molecule has 4 nitrogen and oxygen atoms in total. The maximum atomic E-state index is 11.5. The fraction of sp³-hybridized carbons (Fsp3) is 0.294. The molecular weight excluding hydrogens is 298 g/mol. The van der Waals surface area contributed by atoms with E-state index in [9.17, 15) is 13.0 Å². The lowest BCUT2D eigenvalue weighted by molar-refractivity contribution is 0.424. The van der Waals surface area contributed by atoms with Crippen LogP contribution in [0.3, 0.4) is 0 Å². The maximum Gasteiger partial charge on any atom is 0.267 e. The van der Waals surface area contributed by atoms with Gasteiger partial charge in [-0.1, -0.05) is 60.7 Å². The van der Waals surface area contributed by atoms with E-state index in [-0.39, 0.29) is 12.1 Å². The molecule has 2 rings (SSSR count). The first-order valence-corrected chi connectivity index (χ1v) is 8.51. The van der Waals surface area contributed by atoms with Crippen molar-refractivity contribution in [2.75, 3.05) is 0 Å². The fourth-order valence-corrected chi connectivity index (χ4v) is 3.16. The molecule has 120 valence electrons. The smallest absolute Gasteiger partial charge is 0.267 e. The van der Waals surface area contributed by atoms with Gasteiger partial charge in [-0.15, -0.1) is 0 Å². The molecule has 0 radical (unpaired) electrons. The van der Waals surface area contributed by atoms with Crippen molar-refractivity contribution >= 4 is 10.1 Å². The number of hydrogen-bond acceptors (Lipinski definition) is 3. The van der Waals surface area contributed by atoms with Gasteiger partial charge in [0.2, 0.25) is 0 Å². The summed E-state index contributed by atoms with van der Waals surface area (Å²) in [5, 5.41) is -0.794. The van der Waals surface area contributed by atoms with E-state index in [1.165, 1.54) is 0 Å². The molecule has 2 aromatic carbocycles. The third kappa shape index (κ3) is 5.26. The van der Waals surface area contributed by atoms with Gasteiger partial charge in [0.1, 0.15) is 0 Å². The Bertz CT molecular complexity index is 615. The largest absolute Gasteiger partial charge is 0.344 e. The van der Waals surface area contributed by atoms with Crippen molar-refractivity contribution in [2.24, 2.45) is 5.92 Å². The Balaban J connectivity index is 0.00000242. The normalized spacial score (nSPS) is 12.7. The van der Waals surface area contributed by atoms with E-state index in [0.717, 1.165) is 11.1 Å². The predicted octanol–water partition coefficient (Wildman–Crippen LogP) is 3.53. The summed E-state index contributed by atoms with van der Waals surface area (Å²) in [4.78, 5) is 0. The molecule has 0 fully saturated rings. The lowest BCUT2D eigenvalue weighted by Crippen LogP contribution is -2.29. The topological polar surface area (TPSA) is 89.4 Å². The Hall–Kier alpha value is -1.69. The van der Waals surface area contributed by atoms with Gasteiger partial charge in [-0.2, -0.15) is 8.42 Å². The van der Waals surface area contributed by atoms with Crippen molar-refractivity contribution < 1.29 is 13.0 Å². The Morgan fingerprint density at radius 3 is 1.55 bits per heavy atom. The summed E-state index contributed by atoms with van der Waals surface area (Å²) < 4.78 is 32.4. The van der Waals surface area contributed by atoms with E-state index >= 15 is 0 Å². The van der Waals surface area contributed by atoms with Crippen LogP contribution >= 0.6 is 0 Å². The van der Waals surface area contributed by atoms with Crippen LogP contribution in [0, 0.1) is 5.92 Å². The summed E-state index contributed by atoms with van der Waals surface area (Å²) in [6, 6.07) is 19.5. The zero-order chi connectivity index (χ0) is 15.3. The molecule has 0 aromatic heterocycles. The first kappa shape index (κ1) is 18.4. The lowest BCUT2D eigenvalue weighted by atomic mass is 9.90. The Labute approximate surface area is 132 Å². The van der Waals surface area contributed by atoms with Crippen LogP contribution in [-0.2, 0) is 23.0 Å². The molecular formula is C17H23NO3S. The zero-order valence-electron chi connectivity index (χ0n) is 12.7. The third-order valence-electron chi connectivity index (χ3n) is 3.82. The third-order valence-corrected chi connectivity index (χ3v) is 5.14. The van der Waals surface area contributed by atoms with Crippen LogP contribution in [0.4, 0.5) is 0 Å². The molecule has 0 aliphatic rings. The first-order valence-electron chi connectivity index (χ1n) is 7.01. The van der Waals surface area contributed by atoms with Crippen LogP contribution in [0.15, 0.2) is 60.7 Å². The minimum atomic E-state index is -4.04. The van der Waals surface area contributed by atoms with E-state index in [1.54, 1.807) is 6.92 Å². The number of hydrogen-bond donors (Lipinski definition) is 2. The van der Waals surface area contributed by atoms with Crippen molar-refractivity contribution in [3.05, 3.63) is 71.8 Å². The molecule has 5 heteroatoms. The molecule has 0 aliphatic carbocycles. The predicted molar refractivity (Wildman–Crippen MR) is 89.8 cm³/mol. The van der Waals surface area contributed by atoms with Crippen LogP contribution in [-0.4, -0.2) is 18.2 Å². The van der Waals surface area contributed by atoms with Crippen molar-refractivity contribution in [3.63, 3.8) is 0 Å². The minimum Gasteiger partial charge on any atom is -0.344 e. The van der Waals surface area contributed by atoms with E-state index < -0.39 is 15.4 Å². The second kappa shape index (κ2) is 8.08. The SMILES string of the molecule is CC(C(Cc1ccccc1)Cc1ccccc1)S(=O)(=O)O.N. The molecule has 0 saturated carbocycles. The van der Waals surface area contributed by atoms with Crippen LogP contribution < -0.4 is 6.15 Å². The molecule has 1 atom stereocenters. The van der Waals surface area contributed by atoms with E-state index in [2.05, 4.69) is 0 Å². The first-order chi connectivity index (χ1) is 9.97. The highest BCUT2D eigenvalue weighted by Crippen LogP contribution is 2.22. The van der Waals surface area contributed by atoms with Crippen molar-refractivity contribution in [1.29, 1.82) is 0 Å². The van der Waals surface area contributed by atoms with Gasteiger partial charge in [0.05, 0.1) is 5.25 Å². The molecule has 22 heavy (non-hydrogen) atoms. The second-order valence-electron chi connectivity index (χ2n) is 5.36. The maximum absolute atomic E-state index is 11.5. The average molecular weight is 321 g/mol. The van der Waals surface area contributed by atoms with Gasteiger partial charge in [0.25, 0.3) is 10.1 Å². The lowest BCUT2D eigenvalue weighted by Gasteiger charge is -2.22. The van der Waals surface area contributed by atoms with Crippen LogP contribution in [0.5, 0.6) is 0 Å².